The monoisotopic (exact) mass is 876 g/mol. The van der Waals surface area contributed by atoms with E-state index < -0.39 is 12.2 Å². The largest absolute Gasteiger partial charge is 0.453 e. The molecule has 3 aliphatic heterocycles. The van der Waals surface area contributed by atoms with Crippen LogP contribution in [-0.4, -0.2) is 102 Å². The summed E-state index contributed by atoms with van der Waals surface area (Å²) in [6, 6.07) is 19.9. The van der Waals surface area contributed by atoms with Gasteiger partial charge in [0.15, 0.2) is 0 Å². The molecule has 5 atom stereocenters. The van der Waals surface area contributed by atoms with Crippen LogP contribution in [0.1, 0.15) is 73.1 Å². The molecule has 3 aliphatic rings. The topological polar surface area (TPSA) is 170 Å². The zero-order chi connectivity index (χ0) is 43.0. The number of hydrogen-bond donors (Lipinski definition) is 4. The van der Waals surface area contributed by atoms with E-state index in [1.54, 1.807) is 22.7 Å². The minimum atomic E-state index is -0.549. The van der Waals surface area contributed by atoms with Crippen molar-refractivity contribution >= 4 is 52.5 Å². The Balaban J connectivity index is 0.854. The molecule has 5 aromatic rings. The summed E-state index contributed by atoms with van der Waals surface area (Å²) in [5.41, 5.74) is 7.32. The number of carbonyl (C=O) groups is 4. The molecule has 0 saturated carbocycles. The Morgan fingerprint density at radius 2 is 1.27 bits per heavy atom. The lowest BCUT2D eigenvalue weighted by atomic mass is 9.99. The number of nitrogens with one attached hydrogen (secondary N) is 4. The third kappa shape index (κ3) is 10.2. The number of benzene rings is 2. The number of thiophene rings is 2. The smallest absolute Gasteiger partial charge is 0.407 e. The molecule has 0 bridgehead atoms. The molecule has 4 amide bonds. The number of carbonyl (C=O) groups excluding carboxylic acids is 4. The number of imidazole rings is 1. The summed E-state index contributed by atoms with van der Waals surface area (Å²) in [4.78, 5) is 68.4. The molecule has 2 saturated heterocycles. The first-order valence-corrected chi connectivity index (χ1v) is 23.0. The number of H-pyrrole nitrogens is 1. The van der Waals surface area contributed by atoms with Crippen LogP contribution in [0.25, 0.3) is 22.4 Å². The number of ether oxygens (including phenoxy) is 2. The second-order valence-electron chi connectivity index (χ2n) is 16.0. The van der Waals surface area contributed by atoms with Gasteiger partial charge in [-0.3, -0.25) is 14.6 Å². The van der Waals surface area contributed by atoms with E-state index in [-0.39, 0.29) is 54.9 Å². The molecule has 2 aromatic carbocycles. The molecule has 324 valence electrons. The van der Waals surface area contributed by atoms with E-state index in [2.05, 4.69) is 69.5 Å². The molecule has 2 fully saturated rings. The Hall–Kier alpha value is -6.00. The second kappa shape index (κ2) is 19.8. The highest BCUT2D eigenvalue weighted by Crippen LogP contribution is 2.34. The minimum absolute atomic E-state index is 0.00500. The van der Waals surface area contributed by atoms with Gasteiger partial charge in [0.05, 0.1) is 50.8 Å². The van der Waals surface area contributed by atoms with Gasteiger partial charge in [-0.15, -0.1) is 0 Å². The van der Waals surface area contributed by atoms with Crippen LogP contribution in [0.15, 0.2) is 93.4 Å². The normalized spacial score (nSPS) is 19.4. The molecule has 3 aromatic heterocycles. The van der Waals surface area contributed by atoms with Crippen molar-refractivity contribution < 1.29 is 28.7 Å². The Bertz CT molecular complexity index is 2330. The molecular formula is C46H52N8O6S2. The number of likely N-dealkylation sites (tertiary alicyclic amines) is 2. The van der Waals surface area contributed by atoms with Crippen LogP contribution in [0.5, 0.6) is 0 Å². The number of nitrogens with zero attached hydrogens (tertiary/aromatic N) is 4. The molecular weight excluding hydrogens is 825 g/mol. The average molecular weight is 877 g/mol. The molecule has 0 spiro atoms. The molecule has 62 heavy (non-hydrogen) atoms. The predicted molar refractivity (Wildman–Crippen MR) is 240 cm³/mol. The Morgan fingerprint density at radius 3 is 1.82 bits per heavy atom. The van der Waals surface area contributed by atoms with Crippen LogP contribution in [0, 0.1) is 0 Å². The number of amides is 4. The first-order chi connectivity index (χ1) is 30.2. The Morgan fingerprint density at radius 1 is 0.742 bits per heavy atom. The summed E-state index contributed by atoms with van der Waals surface area (Å²) < 4.78 is 9.68. The molecule has 0 aliphatic carbocycles. The van der Waals surface area contributed by atoms with E-state index in [0.29, 0.717) is 32.5 Å². The van der Waals surface area contributed by atoms with Crippen molar-refractivity contribution in [3.63, 3.8) is 0 Å². The zero-order valence-electron chi connectivity index (χ0n) is 34.9. The van der Waals surface area contributed by atoms with Crippen molar-refractivity contribution in [1.82, 2.24) is 35.7 Å². The van der Waals surface area contributed by atoms with Gasteiger partial charge in [-0.2, -0.15) is 22.7 Å². The van der Waals surface area contributed by atoms with Crippen LogP contribution < -0.4 is 16.0 Å². The highest BCUT2D eigenvalue weighted by molar-refractivity contribution is 7.08. The van der Waals surface area contributed by atoms with Crippen molar-refractivity contribution in [2.45, 2.75) is 81.6 Å². The third-order valence-electron chi connectivity index (χ3n) is 12.0. The van der Waals surface area contributed by atoms with Crippen LogP contribution in [0.3, 0.4) is 0 Å². The van der Waals surface area contributed by atoms with Crippen LogP contribution >= 0.6 is 22.7 Å². The van der Waals surface area contributed by atoms with Gasteiger partial charge in [-0.05, 0) is 106 Å². The van der Waals surface area contributed by atoms with Crippen molar-refractivity contribution in [3.05, 3.63) is 111 Å². The van der Waals surface area contributed by atoms with Gasteiger partial charge in [0.1, 0.15) is 11.7 Å². The van der Waals surface area contributed by atoms with E-state index in [4.69, 9.17) is 19.5 Å². The fraction of sp³-hybridized carbons (Fsp3) is 0.391. The lowest BCUT2D eigenvalue weighted by molar-refractivity contribution is -0.133. The highest BCUT2D eigenvalue weighted by Gasteiger charge is 2.37. The fourth-order valence-electron chi connectivity index (χ4n) is 8.79. The van der Waals surface area contributed by atoms with Gasteiger partial charge in [-0.1, -0.05) is 48.5 Å². The maximum absolute atomic E-state index is 13.7. The summed E-state index contributed by atoms with van der Waals surface area (Å²) in [5.74, 6) is 1.57. The van der Waals surface area contributed by atoms with Gasteiger partial charge in [-0.25, -0.2) is 14.6 Å². The first-order valence-electron chi connectivity index (χ1n) is 21.1. The summed E-state index contributed by atoms with van der Waals surface area (Å²) in [6.07, 6.45) is 5.61. The van der Waals surface area contributed by atoms with Crippen molar-refractivity contribution in [2.24, 2.45) is 4.99 Å². The number of alkyl carbamates (subject to hydrolysis) is 2. The maximum atomic E-state index is 13.7. The zero-order valence-corrected chi connectivity index (χ0v) is 36.5. The van der Waals surface area contributed by atoms with E-state index >= 15 is 0 Å². The quantitative estimate of drug-likeness (QED) is 0.0851. The Labute approximate surface area is 369 Å². The van der Waals surface area contributed by atoms with Crippen LogP contribution in [-0.2, 0) is 31.9 Å². The van der Waals surface area contributed by atoms with Crippen LogP contribution in [0.2, 0.25) is 0 Å². The fourth-order valence-corrected chi connectivity index (χ4v) is 10.2. The number of aromatic amines is 1. The number of aliphatic imine (C=N–C) groups is 1. The van der Waals surface area contributed by atoms with Gasteiger partial charge < -0.3 is 40.2 Å². The standard InChI is InChI=1S/C46H52N8O6S2/c1-59-45(57)49-35(21-29-15-19-61-27-29)23-41(55)53-17-3-5-39(53)43-47-25-37(51-43)33-11-7-31(8-12-33)32-9-13-34(14-10-32)38-26-48-44(52-38)40-6-4-18-54(40)42(56)24-36(50-46(58)60-2)22-30-16-20-62-28-30/h7-16,19-20,25,27-28,35-36,38-40H,3-6,17-18,21-24,26H2,1-2H3,(H,47,51)(H,48,52)(H,49,57)(H,50,58)/t35-,36-,38?,39+,40+/m1/s1. The highest BCUT2D eigenvalue weighted by atomic mass is 32.1. The first kappa shape index (κ1) is 42.7. The number of aromatic nitrogens is 2. The second-order valence-corrected chi connectivity index (χ2v) is 17.6. The van der Waals surface area contributed by atoms with E-state index in [9.17, 15) is 19.2 Å². The maximum Gasteiger partial charge on any atom is 0.407 e. The molecule has 8 rings (SSSR count). The molecule has 4 N–H and O–H groups in total. The molecule has 14 nitrogen and oxygen atoms in total. The minimum Gasteiger partial charge on any atom is -0.453 e. The number of hydrogen-bond acceptors (Lipinski definition) is 11. The summed E-state index contributed by atoms with van der Waals surface area (Å²) >= 11 is 3.17. The van der Waals surface area contributed by atoms with Crippen molar-refractivity contribution in [3.8, 4) is 22.4 Å². The molecule has 6 heterocycles. The SMILES string of the molecule is COC(=O)N[C@@H](CC(=O)N1CCC[C@H]1C1=NCC(c2ccc(-c3ccc(-c4cnc([C@@H]5CCCN5C(=O)C[C@@H](Cc5ccsc5)NC(=O)OC)[nH]4)cc3)cc2)N1)Cc1ccsc1. The lowest BCUT2D eigenvalue weighted by Gasteiger charge is -2.28. The lowest BCUT2D eigenvalue weighted by Crippen LogP contribution is -2.47. The Kier molecular flexibility index (Phi) is 13.6. The molecule has 1 unspecified atom stereocenters. The third-order valence-corrected chi connectivity index (χ3v) is 13.4. The number of rotatable bonds is 15. The van der Waals surface area contributed by atoms with E-state index in [1.807, 2.05) is 49.6 Å². The van der Waals surface area contributed by atoms with Crippen molar-refractivity contribution in [1.29, 1.82) is 0 Å². The number of amidine groups is 1. The van der Waals surface area contributed by atoms with Gasteiger partial charge >= 0.3 is 12.2 Å². The summed E-state index contributed by atoms with van der Waals surface area (Å²) in [6.45, 7) is 1.88. The molecule has 16 heteroatoms. The van der Waals surface area contributed by atoms with E-state index in [0.717, 1.165) is 76.4 Å². The average Bonchev–Trinajstić information content (AvgIpc) is 4.14. The van der Waals surface area contributed by atoms with Crippen molar-refractivity contribution in [2.75, 3.05) is 33.9 Å². The van der Waals surface area contributed by atoms with E-state index in [1.165, 1.54) is 14.2 Å². The summed E-state index contributed by atoms with van der Waals surface area (Å²) in [5, 5.41) is 17.4. The summed E-state index contributed by atoms with van der Waals surface area (Å²) in [7, 11) is 2.66. The van der Waals surface area contributed by atoms with Gasteiger partial charge in [0.25, 0.3) is 0 Å². The van der Waals surface area contributed by atoms with Crippen LogP contribution in [0.4, 0.5) is 9.59 Å². The molecule has 0 radical (unpaired) electrons. The predicted octanol–water partition coefficient (Wildman–Crippen LogP) is 7.28. The number of methoxy groups -OCH3 is 2. The van der Waals surface area contributed by atoms with Gasteiger partial charge in [0, 0.05) is 38.0 Å². The van der Waals surface area contributed by atoms with Gasteiger partial charge in [0.2, 0.25) is 11.8 Å².